The second-order valence-electron chi connectivity index (χ2n) is 5.05. The molecule has 0 spiro atoms. The lowest BCUT2D eigenvalue weighted by atomic mass is 10.0. The first-order valence-electron chi connectivity index (χ1n) is 6.53. The fourth-order valence-corrected chi connectivity index (χ4v) is 1.52. The van der Waals surface area contributed by atoms with Crippen molar-refractivity contribution in [3.8, 4) is 0 Å². The molecule has 0 aliphatic heterocycles. The van der Waals surface area contributed by atoms with E-state index in [0.29, 0.717) is 5.92 Å². The van der Waals surface area contributed by atoms with Crippen LogP contribution in [-0.2, 0) is 9.63 Å². The molecule has 0 aliphatic rings. The monoisotopic (exact) mass is 262 g/mol. The van der Waals surface area contributed by atoms with Crippen LogP contribution >= 0.6 is 0 Å². The fraction of sp³-hybridized carbons (Fsp3) is 0.467. The van der Waals surface area contributed by atoms with Crippen LogP contribution < -0.4 is 5.32 Å². The van der Waals surface area contributed by atoms with Crippen molar-refractivity contribution in [1.82, 2.24) is 5.32 Å². The van der Waals surface area contributed by atoms with Gasteiger partial charge in [0, 0.05) is 6.04 Å². The molecule has 0 atom stereocenters. The average molecular weight is 262 g/mol. The van der Waals surface area contributed by atoms with Crippen molar-refractivity contribution in [3.63, 3.8) is 0 Å². The lowest BCUT2D eigenvalue weighted by Gasteiger charge is -2.06. The number of hydrogen-bond acceptors (Lipinski definition) is 3. The summed E-state index contributed by atoms with van der Waals surface area (Å²) in [5.41, 5.74) is 2.24. The van der Waals surface area contributed by atoms with E-state index >= 15 is 0 Å². The second-order valence-corrected chi connectivity index (χ2v) is 5.05. The topological polar surface area (TPSA) is 50.7 Å². The van der Waals surface area contributed by atoms with E-state index in [1.807, 2.05) is 26.0 Å². The van der Waals surface area contributed by atoms with Crippen molar-refractivity contribution in [2.24, 2.45) is 5.16 Å². The Morgan fingerprint density at radius 2 is 1.89 bits per heavy atom. The molecule has 0 radical (unpaired) electrons. The third-order valence-electron chi connectivity index (χ3n) is 2.52. The Morgan fingerprint density at radius 1 is 1.26 bits per heavy atom. The van der Waals surface area contributed by atoms with Crippen LogP contribution in [0.5, 0.6) is 0 Å². The van der Waals surface area contributed by atoms with Crippen LogP contribution in [-0.4, -0.2) is 24.8 Å². The number of benzene rings is 1. The van der Waals surface area contributed by atoms with Gasteiger partial charge in [0.1, 0.15) is 0 Å². The molecule has 1 aromatic rings. The first-order chi connectivity index (χ1) is 8.99. The Kier molecular flexibility index (Phi) is 6.06. The van der Waals surface area contributed by atoms with Gasteiger partial charge in [-0.25, -0.2) is 0 Å². The Bertz CT molecular complexity index is 422. The SMILES string of the molecule is CC(C)NC(=O)CO/N=C/c1ccc(C(C)C)cc1. The van der Waals surface area contributed by atoms with E-state index in [-0.39, 0.29) is 18.6 Å². The smallest absolute Gasteiger partial charge is 0.260 e. The third kappa shape index (κ3) is 6.04. The normalized spacial score (nSPS) is 11.3. The van der Waals surface area contributed by atoms with Crippen LogP contribution in [0.25, 0.3) is 0 Å². The van der Waals surface area contributed by atoms with E-state index in [0.717, 1.165) is 5.56 Å². The Morgan fingerprint density at radius 3 is 2.42 bits per heavy atom. The molecular formula is C15H22N2O2. The summed E-state index contributed by atoms with van der Waals surface area (Å²) in [7, 11) is 0. The van der Waals surface area contributed by atoms with Crippen molar-refractivity contribution >= 4 is 12.1 Å². The predicted octanol–water partition coefficient (Wildman–Crippen LogP) is 2.69. The van der Waals surface area contributed by atoms with Crippen LogP contribution in [0.4, 0.5) is 0 Å². The lowest BCUT2D eigenvalue weighted by molar-refractivity contribution is -0.126. The maximum absolute atomic E-state index is 11.3. The van der Waals surface area contributed by atoms with Gasteiger partial charge in [0.25, 0.3) is 5.91 Å². The summed E-state index contributed by atoms with van der Waals surface area (Å²) in [6.07, 6.45) is 1.60. The molecule has 19 heavy (non-hydrogen) atoms. The van der Waals surface area contributed by atoms with E-state index in [1.54, 1.807) is 6.21 Å². The van der Waals surface area contributed by atoms with Crippen molar-refractivity contribution in [3.05, 3.63) is 35.4 Å². The fourth-order valence-electron chi connectivity index (χ4n) is 1.52. The van der Waals surface area contributed by atoms with Gasteiger partial charge in [-0.1, -0.05) is 43.3 Å². The largest absolute Gasteiger partial charge is 0.386 e. The van der Waals surface area contributed by atoms with E-state index in [4.69, 9.17) is 4.84 Å². The van der Waals surface area contributed by atoms with Crippen molar-refractivity contribution < 1.29 is 9.63 Å². The zero-order valence-corrected chi connectivity index (χ0v) is 12.0. The summed E-state index contributed by atoms with van der Waals surface area (Å²) in [5.74, 6) is 0.351. The highest BCUT2D eigenvalue weighted by molar-refractivity contribution is 5.80. The number of oxime groups is 1. The maximum Gasteiger partial charge on any atom is 0.260 e. The van der Waals surface area contributed by atoms with Crippen LogP contribution in [0, 0.1) is 0 Å². The third-order valence-corrected chi connectivity index (χ3v) is 2.52. The molecule has 0 aliphatic carbocycles. The molecule has 1 rings (SSSR count). The van der Waals surface area contributed by atoms with Gasteiger partial charge >= 0.3 is 0 Å². The zero-order chi connectivity index (χ0) is 14.3. The van der Waals surface area contributed by atoms with Gasteiger partial charge in [0.15, 0.2) is 6.61 Å². The summed E-state index contributed by atoms with van der Waals surface area (Å²) >= 11 is 0. The van der Waals surface area contributed by atoms with Crippen LogP contribution in [0.3, 0.4) is 0 Å². The summed E-state index contributed by atoms with van der Waals surface area (Å²) in [4.78, 5) is 16.2. The molecule has 0 saturated carbocycles. The summed E-state index contributed by atoms with van der Waals surface area (Å²) in [5, 5.41) is 6.50. The molecule has 104 valence electrons. The second kappa shape index (κ2) is 7.56. The minimum Gasteiger partial charge on any atom is -0.386 e. The molecule has 0 aromatic heterocycles. The first kappa shape index (κ1) is 15.2. The number of amides is 1. The average Bonchev–Trinajstić information content (AvgIpc) is 2.34. The first-order valence-corrected chi connectivity index (χ1v) is 6.53. The van der Waals surface area contributed by atoms with Gasteiger partial charge in [0.05, 0.1) is 6.21 Å². The molecule has 0 saturated heterocycles. The van der Waals surface area contributed by atoms with E-state index in [1.165, 1.54) is 5.56 Å². The molecular weight excluding hydrogens is 240 g/mol. The highest BCUT2D eigenvalue weighted by Gasteiger charge is 2.02. The van der Waals surface area contributed by atoms with Gasteiger partial charge in [0.2, 0.25) is 0 Å². The molecule has 0 bridgehead atoms. The molecule has 4 heteroatoms. The number of carbonyl (C=O) groups is 1. The molecule has 0 fully saturated rings. The number of hydrogen-bond donors (Lipinski definition) is 1. The Hall–Kier alpha value is -1.84. The standard InChI is InChI=1S/C15H22N2O2/c1-11(2)14-7-5-13(6-8-14)9-16-19-10-15(18)17-12(3)4/h5-9,11-12H,10H2,1-4H3,(H,17,18)/b16-9+. The Labute approximate surface area is 114 Å². The Balaban J connectivity index is 2.38. The minimum atomic E-state index is -0.165. The molecule has 0 unspecified atom stereocenters. The van der Waals surface area contributed by atoms with E-state index < -0.39 is 0 Å². The quantitative estimate of drug-likeness (QED) is 0.633. The maximum atomic E-state index is 11.3. The summed E-state index contributed by atoms with van der Waals surface area (Å²) < 4.78 is 0. The molecule has 4 nitrogen and oxygen atoms in total. The van der Waals surface area contributed by atoms with Gasteiger partial charge in [-0.3, -0.25) is 4.79 Å². The molecule has 1 N–H and O–H groups in total. The highest BCUT2D eigenvalue weighted by Crippen LogP contribution is 2.13. The van der Waals surface area contributed by atoms with Crippen LogP contribution in [0.15, 0.2) is 29.4 Å². The zero-order valence-electron chi connectivity index (χ0n) is 12.0. The van der Waals surface area contributed by atoms with Crippen LogP contribution in [0.1, 0.15) is 44.7 Å². The number of rotatable bonds is 6. The molecule has 1 aromatic carbocycles. The van der Waals surface area contributed by atoms with Crippen molar-refractivity contribution in [1.29, 1.82) is 0 Å². The van der Waals surface area contributed by atoms with Crippen LogP contribution in [0.2, 0.25) is 0 Å². The highest BCUT2D eigenvalue weighted by atomic mass is 16.6. The number of nitrogens with zero attached hydrogens (tertiary/aromatic N) is 1. The van der Waals surface area contributed by atoms with Gasteiger partial charge in [-0.2, -0.15) is 0 Å². The lowest BCUT2D eigenvalue weighted by Crippen LogP contribution is -2.32. The molecule has 1 amide bonds. The predicted molar refractivity (Wildman–Crippen MR) is 77.4 cm³/mol. The van der Waals surface area contributed by atoms with Crippen molar-refractivity contribution in [2.45, 2.75) is 39.7 Å². The number of nitrogens with one attached hydrogen (secondary N) is 1. The van der Waals surface area contributed by atoms with Gasteiger partial charge in [-0.15, -0.1) is 0 Å². The van der Waals surface area contributed by atoms with Gasteiger partial charge in [-0.05, 0) is 30.9 Å². The van der Waals surface area contributed by atoms with E-state index in [2.05, 4.69) is 36.5 Å². The van der Waals surface area contributed by atoms with Crippen molar-refractivity contribution in [2.75, 3.05) is 6.61 Å². The van der Waals surface area contributed by atoms with Gasteiger partial charge < -0.3 is 10.2 Å². The molecule has 0 heterocycles. The minimum absolute atomic E-state index is 0.0568. The summed E-state index contributed by atoms with van der Waals surface area (Å²) in [6.45, 7) is 8.05. The number of carbonyl (C=O) groups excluding carboxylic acids is 1. The van der Waals surface area contributed by atoms with E-state index in [9.17, 15) is 4.79 Å². The summed E-state index contributed by atoms with van der Waals surface area (Å²) in [6, 6.07) is 8.21.